The van der Waals surface area contributed by atoms with Crippen molar-refractivity contribution in [2.45, 2.75) is 45.7 Å². The predicted molar refractivity (Wildman–Crippen MR) is 139 cm³/mol. The first-order valence-corrected chi connectivity index (χ1v) is 12.4. The molecule has 0 saturated carbocycles. The number of anilines is 1. The number of rotatable bonds is 5. The maximum absolute atomic E-state index is 14.4. The van der Waals surface area contributed by atoms with Gasteiger partial charge in [-0.1, -0.05) is 25.1 Å². The van der Waals surface area contributed by atoms with E-state index in [9.17, 15) is 9.18 Å². The number of fused-ring (bicyclic) bond motifs is 1. The smallest absolute Gasteiger partial charge is 0.253 e. The molecule has 0 spiro atoms. The number of tetrazole rings is 1. The number of hydrogen-bond donors (Lipinski definition) is 1. The third-order valence-electron chi connectivity index (χ3n) is 6.89. The Bertz CT molecular complexity index is 1430. The average Bonchev–Trinajstić information content (AvgIpc) is 3.35. The summed E-state index contributed by atoms with van der Waals surface area (Å²) in [6.07, 6.45) is 0.911. The molecule has 1 saturated heterocycles. The fourth-order valence-corrected chi connectivity index (χ4v) is 4.97. The van der Waals surface area contributed by atoms with Crippen LogP contribution in [0, 0.1) is 5.82 Å². The summed E-state index contributed by atoms with van der Waals surface area (Å²) in [5.41, 5.74) is 2.69. The Morgan fingerprint density at radius 3 is 2.50 bits per heavy atom. The van der Waals surface area contributed by atoms with Crippen molar-refractivity contribution in [3.05, 3.63) is 81.7 Å². The molecule has 9 heteroatoms. The minimum absolute atomic E-state index is 0.156. The average molecular weight is 490 g/mol. The van der Waals surface area contributed by atoms with Gasteiger partial charge < -0.3 is 9.88 Å². The summed E-state index contributed by atoms with van der Waals surface area (Å²) in [7, 11) is 0. The maximum atomic E-state index is 14.4. The molecule has 3 heterocycles. The van der Waals surface area contributed by atoms with Gasteiger partial charge in [0.1, 0.15) is 11.9 Å². The van der Waals surface area contributed by atoms with Crippen molar-refractivity contribution in [1.29, 1.82) is 0 Å². The fourth-order valence-electron chi connectivity index (χ4n) is 4.97. The second-order valence-corrected chi connectivity index (χ2v) is 10.3. The Morgan fingerprint density at radius 2 is 1.81 bits per heavy atom. The van der Waals surface area contributed by atoms with E-state index in [1.54, 1.807) is 10.7 Å². The number of piperazine rings is 1. The SMILES string of the molecule is CCc1ccc2[nH]c(=O)c(C(c3nnnn3C(C)(C)C)N3CCN(c4ccccc4F)CC3)cc2c1. The fraction of sp³-hybridized carbons (Fsp3) is 0.407. The molecule has 1 fully saturated rings. The third-order valence-corrected chi connectivity index (χ3v) is 6.89. The van der Waals surface area contributed by atoms with Crippen molar-refractivity contribution in [2.24, 2.45) is 0 Å². The number of nitrogens with zero attached hydrogens (tertiary/aromatic N) is 6. The summed E-state index contributed by atoms with van der Waals surface area (Å²) in [5.74, 6) is 0.398. The first-order valence-electron chi connectivity index (χ1n) is 12.4. The van der Waals surface area contributed by atoms with Gasteiger partial charge in [0.15, 0.2) is 5.82 Å². The van der Waals surface area contributed by atoms with E-state index in [0.29, 0.717) is 43.3 Å². The van der Waals surface area contributed by atoms with Gasteiger partial charge >= 0.3 is 0 Å². The van der Waals surface area contributed by atoms with E-state index in [4.69, 9.17) is 0 Å². The molecular weight excluding hydrogens is 457 g/mol. The van der Waals surface area contributed by atoms with Crippen molar-refractivity contribution in [1.82, 2.24) is 30.1 Å². The van der Waals surface area contributed by atoms with Crippen molar-refractivity contribution in [3.8, 4) is 0 Å². The molecule has 1 aliphatic heterocycles. The Morgan fingerprint density at radius 1 is 1.06 bits per heavy atom. The number of halogens is 1. The highest BCUT2D eigenvalue weighted by molar-refractivity contribution is 5.80. The van der Waals surface area contributed by atoms with E-state index in [0.717, 1.165) is 17.3 Å². The largest absolute Gasteiger partial charge is 0.367 e. The number of aryl methyl sites for hydroxylation is 1. The number of pyridine rings is 1. The molecule has 4 aromatic rings. The first kappa shape index (κ1) is 24.1. The Balaban J connectivity index is 1.57. The molecule has 1 atom stereocenters. The van der Waals surface area contributed by atoms with Crippen LogP contribution < -0.4 is 10.5 Å². The quantitative estimate of drug-likeness (QED) is 0.458. The van der Waals surface area contributed by atoms with Crippen LogP contribution in [-0.4, -0.2) is 56.3 Å². The van der Waals surface area contributed by atoms with E-state index < -0.39 is 6.04 Å². The lowest BCUT2D eigenvalue weighted by Crippen LogP contribution is -2.49. The molecule has 0 radical (unpaired) electrons. The zero-order valence-electron chi connectivity index (χ0n) is 21.2. The summed E-state index contributed by atoms with van der Waals surface area (Å²) in [6, 6.07) is 14.5. The van der Waals surface area contributed by atoms with Gasteiger partial charge in [0.05, 0.1) is 11.2 Å². The van der Waals surface area contributed by atoms with E-state index >= 15 is 0 Å². The van der Waals surface area contributed by atoms with Crippen LogP contribution in [0.1, 0.15) is 50.7 Å². The minimum atomic E-state index is -0.444. The zero-order chi connectivity index (χ0) is 25.4. The molecule has 0 aliphatic carbocycles. The van der Waals surface area contributed by atoms with Gasteiger partial charge in [0, 0.05) is 37.3 Å². The standard InChI is InChI=1S/C27H32FN7O/c1-5-18-10-11-22-19(16-18)17-20(26(36)29-22)24(25-30-31-32-35(25)27(2,3)4)34-14-12-33(13-15-34)23-9-7-6-8-21(23)28/h6-11,16-17,24H,5,12-15H2,1-4H3,(H,29,36). The van der Waals surface area contributed by atoms with Gasteiger partial charge in [-0.3, -0.25) is 9.69 Å². The molecule has 2 aromatic heterocycles. The van der Waals surface area contributed by atoms with Crippen molar-refractivity contribution < 1.29 is 4.39 Å². The second-order valence-electron chi connectivity index (χ2n) is 10.3. The molecular formula is C27H32FN7O. The number of hydrogen-bond acceptors (Lipinski definition) is 6. The summed E-state index contributed by atoms with van der Waals surface area (Å²) < 4.78 is 16.2. The molecule has 1 unspecified atom stereocenters. The van der Waals surface area contributed by atoms with Crippen LogP contribution in [0.4, 0.5) is 10.1 Å². The van der Waals surface area contributed by atoms with E-state index in [-0.39, 0.29) is 16.9 Å². The molecule has 5 rings (SSSR count). The highest BCUT2D eigenvalue weighted by atomic mass is 19.1. The van der Waals surface area contributed by atoms with Gasteiger partial charge in [-0.05, 0) is 78.9 Å². The van der Waals surface area contributed by atoms with Gasteiger partial charge in [-0.25, -0.2) is 9.07 Å². The second kappa shape index (κ2) is 9.46. The van der Waals surface area contributed by atoms with Crippen LogP contribution in [0.3, 0.4) is 0 Å². The van der Waals surface area contributed by atoms with Gasteiger partial charge in [-0.15, -0.1) is 5.10 Å². The van der Waals surface area contributed by atoms with Gasteiger partial charge in [0.25, 0.3) is 5.56 Å². The molecule has 0 bridgehead atoms. The molecule has 1 N–H and O–H groups in total. The van der Waals surface area contributed by atoms with Crippen molar-refractivity contribution in [2.75, 3.05) is 31.1 Å². The molecule has 0 amide bonds. The highest BCUT2D eigenvalue weighted by Crippen LogP contribution is 2.31. The first-order chi connectivity index (χ1) is 17.3. The zero-order valence-corrected chi connectivity index (χ0v) is 21.2. The number of para-hydroxylation sites is 1. The maximum Gasteiger partial charge on any atom is 0.253 e. The molecule has 188 valence electrons. The predicted octanol–water partition coefficient (Wildman–Crippen LogP) is 3.88. The normalized spacial score (nSPS) is 16.0. The monoisotopic (exact) mass is 489 g/mol. The van der Waals surface area contributed by atoms with E-state index in [1.165, 1.54) is 11.6 Å². The minimum Gasteiger partial charge on any atom is -0.367 e. The summed E-state index contributed by atoms with van der Waals surface area (Å²) in [4.78, 5) is 20.8. The Hall–Kier alpha value is -3.59. The van der Waals surface area contributed by atoms with Crippen molar-refractivity contribution >= 4 is 16.6 Å². The number of benzene rings is 2. The Labute approximate surface area is 209 Å². The highest BCUT2D eigenvalue weighted by Gasteiger charge is 2.35. The Kier molecular flexibility index (Phi) is 6.34. The van der Waals surface area contributed by atoms with Crippen LogP contribution in [0.2, 0.25) is 0 Å². The lowest BCUT2D eigenvalue weighted by molar-refractivity contribution is 0.190. The summed E-state index contributed by atoms with van der Waals surface area (Å²) in [5, 5.41) is 13.7. The van der Waals surface area contributed by atoms with Gasteiger partial charge in [0.2, 0.25) is 0 Å². The lowest BCUT2D eigenvalue weighted by atomic mass is 10.00. The molecule has 2 aromatic carbocycles. The number of nitrogens with one attached hydrogen (secondary N) is 1. The lowest BCUT2D eigenvalue weighted by Gasteiger charge is -2.40. The van der Waals surface area contributed by atoms with Crippen LogP contribution in [0.25, 0.3) is 10.9 Å². The third kappa shape index (κ3) is 4.51. The molecule has 36 heavy (non-hydrogen) atoms. The number of H-pyrrole nitrogens is 1. The van der Waals surface area contributed by atoms with Crippen LogP contribution >= 0.6 is 0 Å². The van der Waals surface area contributed by atoms with E-state index in [2.05, 4.69) is 38.4 Å². The topological polar surface area (TPSA) is 82.9 Å². The van der Waals surface area contributed by atoms with Crippen LogP contribution in [0.5, 0.6) is 0 Å². The number of aromatic amines is 1. The van der Waals surface area contributed by atoms with E-state index in [1.807, 2.05) is 56.0 Å². The summed E-state index contributed by atoms with van der Waals surface area (Å²) >= 11 is 0. The molecule has 1 aliphatic rings. The van der Waals surface area contributed by atoms with Crippen LogP contribution in [-0.2, 0) is 12.0 Å². The number of aromatic nitrogens is 5. The van der Waals surface area contributed by atoms with Crippen LogP contribution in [0.15, 0.2) is 53.3 Å². The summed E-state index contributed by atoms with van der Waals surface area (Å²) in [6.45, 7) is 10.7. The van der Waals surface area contributed by atoms with Crippen molar-refractivity contribution in [3.63, 3.8) is 0 Å². The molecule has 8 nitrogen and oxygen atoms in total. The van der Waals surface area contributed by atoms with Gasteiger partial charge in [-0.2, -0.15) is 0 Å².